The first-order valence-corrected chi connectivity index (χ1v) is 6.48. The third-order valence-electron chi connectivity index (χ3n) is 1.97. The highest BCUT2D eigenvalue weighted by Gasteiger charge is 2.22. The second-order valence-corrected chi connectivity index (χ2v) is 5.36. The summed E-state index contributed by atoms with van der Waals surface area (Å²) in [7, 11) is -1.43. The highest BCUT2D eigenvalue weighted by atomic mass is 35.5. The molecule has 0 aliphatic carbocycles. The van der Waals surface area contributed by atoms with Crippen molar-refractivity contribution in [2.45, 2.75) is 24.0 Å². The minimum absolute atomic E-state index is 0.288. The molecule has 0 bridgehead atoms. The summed E-state index contributed by atoms with van der Waals surface area (Å²) in [5.41, 5.74) is 0. The van der Waals surface area contributed by atoms with Crippen LogP contribution in [0.25, 0.3) is 0 Å². The molecule has 0 heterocycles. The number of rotatable bonds is 4. The number of hydrogen-bond donors (Lipinski definition) is 0. The maximum absolute atomic E-state index is 12.0. The first-order valence-electron chi connectivity index (χ1n) is 4.89. The van der Waals surface area contributed by atoms with Crippen LogP contribution in [0, 0.1) is 0 Å². The van der Waals surface area contributed by atoms with Crippen molar-refractivity contribution in [2.24, 2.45) is 0 Å². The second-order valence-electron chi connectivity index (χ2n) is 3.15. The van der Waals surface area contributed by atoms with Gasteiger partial charge in [0, 0.05) is 9.92 Å². The first-order chi connectivity index (χ1) is 7.56. The van der Waals surface area contributed by atoms with Crippen molar-refractivity contribution in [3.8, 4) is 0 Å². The maximum atomic E-state index is 12.0. The van der Waals surface area contributed by atoms with Crippen LogP contribution in [-0.4, -0.2) is 22.0 Å². The molecular formula is C11H13ClO3S. The number of halogens is 1. The molecule has 0 amide bonds. The molecule has 16 heavy (non-hydrogen) atoms. The lowest BCUT2D eigenvalue weighted by Gasteiger charge is -2.10. The van der Waals surface area contributed by atoms with Gasteiger partial charge in [0.05, 0.1) is 17.4 Å². The van der Waals surface area contributed by atoms with Crippen LogP contribution in [0.4, 0.5) is 0 Å². The van der Waals surface area contributed by atoms with Gasteiger partial charge in [-0.2, -0.15) is 0 Å². The number of esters is 1. The average molecular weight is 261 g/mol. The minimum atomic E-state index is -1.43. The van der Waals surface area contributed by atoms with Crippen molar-refractivity contribution in [3.05, 3.63) is 29.3 Å². The van der Waals surface area contributed by atoms with Gasteiger partial charge in [-0.15, -0.1) is 0 Å². The highest BCUT2D eigenvalue weighted by molar-refractivity contribution is 7.86. The Kier molecular flexibility index (Phi) is 4.96. The van der Waals surface area contributed by atoms with Crippen LogP contribution < -0.4 is 0 Å². The molecule has 3 nitrogen and oxygen atoms in total. The molecule has 2 atom stereocenters. The molecule has 0 fully saturated rings. The lowest BCUT2D eigenvalue weighted by molar-refractivity contribution is -0.142. The van der Waals surface area contributed by atoms with E-state index in [0.717, 1.165) is 0 Å². The van der Waals surface area contributed by atoms with E-state index in [9.17, 15) is 9.00 Å². The molecule has 0 N–H and O–H groups in total. The maximum Gasteiger partial charge on any atom is 0.321 e. The minimum Gasteiger partial charge on any atom is -0.465 e. The van der Waals surface area contributed by atoms with E-state index in [0.29, 0.717) is 9.92 Å². The summed E-state index contributed by atoms with van der Waals surface area (Å²) in [6.45, 7) is 3.58. The predicted molar refractivity (Wildman–Crippen MR) is 64.0 cm³/mol. The van der Waals surface area contributed by atoms with E-state index >= 15 is 0 Å². The summed E-state index contributed by atoms with van der Waals surface area (Å²) in [6, 6.07) is 6.66. The molecule has 0 saturated carbocycles. The van der Waals surface area contributed by atoms with Crippen LogP contribution in [0.1, 0.15) is 13.8 Å². The van der Waals surface area contributed by atoms with Gasteiger partial charge in [-0.05, 0) is 32.0 Å². The van der Waals surface area contributed by atoms with Gasteiger partial charge in [-0.25, -0.2) is 0 Å². The Morgan fingerprint density at radius 3 is 2.81 bits per heavy atom. The molecule has 1 aromatic rings. The van der Waals surface area contributed by atoms with Gasteiger partial charge in [0.25, 0.3) is 0 Å². The SMILES string of the molecule is CCOC(=O)C(C)S(=O)c1cccc(Cl)c1. The zero-order valence-corrected chi connectivity index (χ0v) is 10.7. The normalized spacial score (nSPS) is 14.2. The van der Waals surface area contributed by atoms with Crippen molar-refractivity contribution in [1.29, 1.82) is 0 Å². The zero-order chi connectivity index (χ0) is 12.1. The summed E-state index contributed by atoms with van der Waals surface area (Å²) in [4.78, 5) is 11.9. The van der Waals surface area contributed by atoms with E-state index in [2.05, 4.69) is 0 Å². The fraction of sp³-hybridized carbons (Fsp3) is 0.364. The van der Waals surface area contributed by atoms with Gasteiger partial charge >= 0.3 is 5.97 Å². The van der Waals surface area contributed by atoms with Gasteiger partial charge in [0.1, 0.15) is 5.25 Å². The van der Waals surface area contributed by atoms with Crippen LogP contribution >= 0.6 is 11.6 Å². The van der Waals surface area contributed by atoms with Gasteiger partial charge in [0.15, 0.2) is 0 Å². The third kappa shape index (κ3) is 3.32. The van der Waals surface area contributed by atoms with E-state index in [1.165, 1.54) is 0 Å². The summed E-state index contributed by atoms with van der Waals surface area (Å²) >= 11 is 5.78. The standard InChI is InChI=1S/C11H13ClO3S/c1-3-15-11(13)8(2)16(14)10-6-4-5-9(12)7-10/h4-8H,3H2,1-2H3. The molecule has 0 aromatic heterocycles. The summed E-state index contributed by atoms with van der Waals surface area (Å²) < 4.78 is 16.8. The van der Waals surface area contributed by atoms with E-state index in [1.807, 2.05) is 0 Å². The van der Waals surface area contributed by atoms with Gasteiger partial charge in [0.2, 0.25) is 0 Å². The topological polar surface area (TPSA) is 43.4 Å². The molecule has 0 saturated heterocycles. The van der Waals surface area contributed by atoms with Crippen LogP contribution in [0.15, 0.2) is 29.2 Å². The Labute approximate surface area is 102 Å². The monoisotopic (exact) mass is 260 g/mol. The zero-order valence-electron chi connectivity index (χ0n) is 9.10. The van der Waals surface area contributed by atoms with Gasteiger partial charge in [-0.3, -0.25) is 9.00 Å². The first kappa shape index (κ1) is 13.2. The number of benzene rings is 1. The third-order valence-corrected chi connectivity index (χ3v) is 3.76. The lowest BCUT2D eigenvalue weighted by Crippen LogP contribution is -2.25. The molecule has 1 rings (SSSR count). The number of carbonyl (C=O) groups is 1. The van der Waals surface area contributed by atoms with Gasteiger partial charge < -0.3 is 4.74 Å². The Hall–Kier alpha value is -0.870. The van der Waals surface area contributed by atoms with Crippen LogP contribution in [0.3, 0.4) is 0 Å². The fourth-order valence-corrected chi connectivity index (χ4v) is 2.51. The molecule has 0 aliphatic heterocycles. The van der Waals surface area contributed by atoms with Crippen LogP contribution in [0.5, 0.6) is 0 Å². The van der Waals surface area contributed by atoms with Crippen molar-refractivity contribution in [3.63, 3.8) is 0 Å². The van der Waals surface area contributed by atoms with E-state index < -0.39 is 22.0 Å². The number of carbonyl (C=O) groups excluding carboxylic acids is 1. The Balaban J connectivity index is 2.82. The van der Waals surface area contributed by atoms with E-state index in [-0.39, 0.29) is 6.61 Å². The predicted octanol–water partition coefficient (Wildman–Crippen LogP) is 2.40. The molecular weight excluding hydrogens is 248 g/mol. The largest absolute Gasteiger partial charge is 0.465 e. The fourth-order valence-electron chi connectivity index (χ4n) is 1.14. The number of hydrogen-bond acceptors (Lipinski definition) is 3. The van der Waals surface area contributed by atoms with E-state index in [1.54, 1.807) is 38.1 Å². The second kappa shape index (κ2) is 6.01. The van der Waals surface area contributed by atoms with Crippen molar-refractivity contribution < 1.29 is 13.7 Å². The van der Waals surface area contributed by atoms with E-state index in [4.69, 9.17) is 16.3 Å². The molecule has 88 valence electrons. The Morgan fingerprint density at radius 1 is 1.56 bits per heavy atom. The summed E-state index contributed by atoms with van der Waals surface area (Å²) in [5.74, 6) is -0.458. The molecule has 5 heteroatoms. The lowest BCUT2D eigenvalue weighted by atomic mass is 10.4. The molecule has 0 spiro atoms. The molecule has 0 radical (unpaired) electrons. The van der Waals surface area contributed by atoms with Gasteiger partial charge in [-0.1, -0.05) is 17.7 Å². The van der Waals surface area contributed by atoms with Crippen LogP contribution in [-0.2, 0) is 20.3 Å². The molecule has 2 unspecified atom stereocenters. The Morgan fingerprint density at radius 2 is 2.25 bits per heavy atom. The number of ether oxygens (including phenoxy) is 1. The van der Waals surface area contributed by atoms with Crippen molar-refractivity contribution >= 4 is 28.4 Å². The van der Waals surface area contributed by atoms with Crippen molar-refractivity contribution in [1.82, 2.24) is 0 Å². The highest BCUT2D eigenvalue weighted by Crippen LogP contribution is 2.17. The Bertz CT molecular complexity index is 406. The summed E-state index contributed by atoms with van der Waals surface area (Å²) in [5, 5.41) is -0.180. The quantitative estimate of drug-likeness (QED) is 0.781. The van der Waals surface area contributed by atoms with Crippen molar-refractivity contribution in [2.75, 3.05) is 6.61 Å². The molecule has 1 aromatic carbocycles. The molecule has 0 aliphatic rings. The average Bonchev–Trinajstić information content (AvgIpc) is 2.27. The smallest absolute Gasteiger partial charge is 0.321 e. The van der Waals surface area contributed by atoms with Crippen LogP contribution in [0.2, 0.25) is 5.02 Å². The summed E-state index contributed by atoms with van der Waals surface area (Å²) in [6.07, 6.45) is 0.